The molecule has 3 aliphatic rings. The molecule has 0 bridgehead atoms. The van der Waals surface area contributed by atoms with Crippen LogP contribution in [0.25, 0.3) is 0 Å². The van der Waals surface area contributed by atoms with Crippen LogP contribution < -0.4 is 21.1 Å². The number of carbonyl (C=O) groups excluding carboxylic acids is 5. The van der Waals surface area contributed by atoms with E-state index in [9.17, 15) is 44.4 Å². The van der Waals surface area contributed by atoms with E-state index < -0.39 is 113 Å². The minimum absolute atomic E-state index is 0. The Balaban J connectivity index is 0.00000605. The smallest absolute Gasteiger partial charge is 0.242 e. The topological polar surface area (TPSA) is 244 Å². The van der Waals surface area contributed by atoms with E-state index in [0.29, 0.717) is 0 Å². The second-order valence-electron chi connectivity index (χ2n) is 14.1. The molecule has 284 valence electrons. The summed E-state index contributed by atoms with van der Waals surface area (Å²) in [6.07, 6.45) is -5.55. The third-order valence-corrected chi connectivity index (χ3v) is 9.83. The number of hydrogen-bond donors (Lipinski definition) is 7. The molecule has 0 unspecified atom stereocenters. The molecule has 5 rings (SSSR count). The van der Waals surface area contributed by atoms with E-state index in [4.69, 9.17) is 19.9 Å². The number of carbonyl (C=O) groups is 5. The van der Waals surface area contributed by atoms with Crippen molar-refractivity contribution in [2.24, 2.45) is 11.7 Å². The molecule has 8 atom stereocenters. The Kier molecular flexibility index (Phi) is 12.1. The third kappa shape index (κ3) is 7.38. The number of amides is 2. The van der Waals surface area contributed by atoms with Crippen molar-refractivity contribution in [1.29, 1.82) is 0 Å². The molecule has 2 aromatic carbocycles. The lowest BCUT2D eigenvalue weighted by Crippen LogP contribution is -2.59. The van der Waals surface area contributed by atoms with E-state index in [1.54, 1.807) is 6.92 Å². The van der Waals surface area contributed by atoms with Gasteiger partial charge in [-0.3, -0.25) is 24.0 Å². The first-order valence-corrected chi connectivity index (χ1v) is 16.9. The highest BCUT2D eigenvalue weighted by atomic mass is 35.5. The molecule has 0 saturated carbocycles. The molecule has 16 heteroatoms. The summed E-state index contributed by atoms with van der Waals surface area (Å²) in [4.78, 5) is 66.2. The maximum Gasteiger partial charge on any atom is 0.242 e. The molecule has 2 amide bonds. The molecule has 0 radical (unpaired) electrons. The van der Waals surface area contributed by atoms with Crippen molar-refractivity contribution in [1.82, 2.24) is 10.6 Å². The van der Waals surface area contributed by atoms with E-state index in [-0.39, 0.29) is 59.2 Å². The number of aliphatic hydroxyl groups excluding tert-OH is 1. The zero-order valence-electron chi connectivity index (χ0n) is 29.7. The van der Waals surface area contributed by atoms with Gasteiger partial charge in [-0.25, -0.2) is 0 Å². The Bertz CT molecular complexity index is 1780. The number of halogens is 1. The molecule has 0 spiro atoms. The molecule has 52 heavy (non-hydrogen) atoms. The first-order chi connectivity index (χ1) is 23.9. The highest BCUT2D eigenvalue weighted by Gasteiger charge is 2.50. The largest absolute Gasteiger partial charge is 0.507 e. The minimum atomic E-state index is -2.12. The lowest BCUT2D eigenvalue weighted by molar-refractivity contribution is -0.249. The first-order valence-electron chi connectivity index (χ1n) is 16.9. The van der Waals surface area contributed by atoms with Gasteiger partial charge in [-0.2, -0.15) is 0 Å². The lowest BCUT2D eigenvalue weighted by atomic mass is 9.72. The van der Waals surface area contributed by atoms with Crippen LogP contribution in [0.2, 0.25) is 0 Å². The van der Waals surface area contributed by atoms with Crippen LogP contribution in [0.5, 0.6) is 17.2 Å². The van der Waals surface area contributed by atoms with E-state index in [1.165, 1.54) is 32.2 Å². The Labute approximate surface area is 306 Å². The molecule has 8 N–H and O–H groups in total. The quantitative estimate of drug-likeness (QED) is 0.146. The van der Waals surface area contributed by atoms with E-state index in [1.807, 2.05) is 13.8 Å². The molecule has 1 saturated heterocycles. The Hall–Kier alpha value is -4.12. The number of Topliss-reactive ketones (excluding diaryl/α,β-unsaturated/α-hetero) is 1. The van der Waals surface area contributed by atoms with E-state index >= 15 is 0 Å². The highest BCUT2D eigenvalue weighted by Crippen LogP contribution is 2.52. The number of nitrogens with two attached hydrogens (primary N) is 1. The molecule has 1 aliphatic heterocycles. The fourth-order valence-electron chi connectivity index (χ4n) is 7.06. The van der Waals surface area contributed by atoms with E-state index in [0.717, 1.165) is 6.92 Å². The summed E-state index contributed by atoms with van der Waals surface area (Å²) in [5.74, 6) is -4.62. The van der Waals surface area contributed by atoms with Crippen LogP contribution >= 0.6 is 12.4 Å². The zero-order valence-corrected chi connectivity index (χ0v) is 30.5. The van der Waals surface area contributed by atoms with Gasteiger partial charge in [-0.05, 0) is 39.2 Å². The van der Waals surface area contributed by atoms with Crippen molar-refractivity contribution in [3.05, 3.63) is 51.6 Å². The molecule has 15 nitrogen and oxygen atoms in total. The van der Waals surface area contributed by atoms with Crippen molar-refractivity contribution < 1.29 is 58.6 Å². The molecule has 1 fully saturated rings. The molecule has 2 aliphatic carbocycles. The first kappa shape index (κ1) is 40.6. The molecular weight excluding hydrogens is 702 g/mol. The summed E-state index contributed by atoms with van der Waals surface area (Å²) in [6.45, 7) is 7.92. The van der Waals surface area contributed by atoms with Crippen molar-refractivity contribution in [3.63, 3.8) is 0 Å². The predicted octanol–water partition coefficient (Wildman–Crippen LogP) is 1.49. The molecule has 0 aromatic heterocycles. The van der Waals surface area contributed by atoms with Gasteiger partial charge in [0.2, 0.25) is 17.6 Å². The number of benzene rings is 2. The summed E-state index contributed by atoms with van der Waals surface area (Å²) in [7, 11) is 1.32. The number of fused-ring (bicyclic) bond motifs is 3. The van der Waals surface area contributed by atoms with Gasteiger partial charge in [0.25, 0.3) is 0 Å². The number of nitrogens with one attached hydrogen (secondary N) is 2. The van der Waals surface area contributed by atoms with Gasteiger partial charge in [0.15, 0.2) is 17.9 Å². The van der Waals surface area contributed by atoms with Gasteiger partial charge < -0.3 is 51.0 Å². The molecule has 1 heterocycles. The monoisotopic (exact) mass is 747 g/mol. The van der Waals surface area contributed by atoms with Crippen molar-refractivity contribution in [3.8, 4) is 17.2 Å². The number of ether oxygens (including phenoxy) is 3. The van der Waals surface area contributed by atoms with Crippen LogP contribution in [0.15, 0.2) is 18.2 Å². The molecule has 2 aromatic rings. The van der Waals surface area contributed by atoms with Crippen LogP contribution in [-0.4, -0.2) is 98.9 Å². The van der Waals surface area contributed by atoms with Crippen molar-refractivity contribution >= 4 is 41.6 Å². The number of aliphatic hydroxyl groups is 2. The average molecular weight is 748 g/mol. The number of ketones is 3. The summed E-state index contributed by atoms with van der Waals surface area (Å²) >= 11 is 0. The van der Waals surface area contributed by atoms with E-state index in [2.05, 4.69) is 10.6 Å². The Morgan fingerprint density at radius 1 is 1.06 bits per heavy atom. The third-order valence-electron chi connectivity index (χ3n) is 9.83. The Morgan fingerprint density at radius 3 is 2.31 bits per heavy atom. The maximum absolute atomic E-state index is 13.9. The van der Waals surface area contributed by atoms with Gasteiger partial charge in [0.1, 0.15) is 35.0 Å². The fourth-order valence-corrected chi connectivity index (χ4v) is 7.06. The number of aromatic hydroxyl groups is 2. The van der Waals surface area contributed by atoms with Gasteiger partial charge in [0.05, 0.1) is 48.1 Å². The number of hydrogen-bond acceptors (Lipinski definition) is 13. The number of methoxy groups -OCH3 is 1. The number of phenols is 2. The van der Waals surface area contributed by atoms with Crippen LogP contribution in [0.1, 0.15) is 103 Å². The summed E-state index contributed by atoms with van der Waals surface area (Å²) in [5, 5.41) is 51.2. The summed E-state index contributed by atoms with van der Waals surface area (Å²) < 4.78 is 17.5. The number of phenolic OH excluding ortho intramolecular Hbond substituents is 2. The minimum Gasteiger partial charge on any atom is -0.507 e. The number of rotatable bonds is 10. The van der Waals surface area contributed by atoms with Gasteiger partial charge in [-0.15, -0.1) is 12.4 Å². The normalized spacial score (nSPS) is 26.2. The predicted molar refractivity (Wildman–Crippen MR) is 187 cm³/mol. The van der Waals surface area contributed by atoms with Crippen LogP contribution in [0.4, 0.5) is 0 Å². The summed E-state index contributed by atoms with van der Waals surface area (Å²) in [6, 6.07) is 1.58. The van der Waals surface area contributed by atoms with Gasteiger partial charge >= 0.3 is 0 Å². The van der Waals surface area contributed by atoms with Crippen molar-refractivity contribution in [2.45, 2.75) is 109 Å². The van der Waals surface area contributed by atoms with Crippen LogP contribution in [0.3, 0.4) is 0 Å². The van der Waals surface area contributed by atoms with Crippen LogP contribution in [0, 0.1) is 5.92 Å². The zero-order chi connectivity index (χ0) is 37.7. The van der Waals surface area contributed by atoms with Gasteiger partial charge in [-0.1, -0.05) is 26.0 Å². The lowest BCUT2D eigenvalue weighted by Gasteiger charge is -2.43. The van der Waals surface area contributed by atoms with Gasteiger partial charge in [0, 0.05) is 36.0 Å². The van der Waals surface area contributed by atoms with Crippen molar-refractivity contribution in [2.75, 3.05) is 7.11 Å². The highest BCUT2D eigenvalue weighted by molar-refractivity contribution is 6.31. The average Bonchev–Trinajstić information content (AvgIpc) is 3.06. The second kappa shape index (κ2) is 15.5. The SMILES string of the molecule is COc1cccc2c1C(=O)c1c(O)c3c(c(O)c1C2=O)C[C@@](O)(C(C)=O)C[C@@H]3O[C@H]1C[C@H](NC(=O)[C@H](CC(C)C)NC(=O)[C@H](C)N)[C@H](O)[C@H](C)O1.Cl. The standard InChI is InChI=1S/C36H45N3O12.ClH/c1-14(2)10-21(39-34(46)15(3)37)35(47)38-20-11-24(50-16(4)29(20)41)51-23-13-36(48,17(5)40)12-19-26(23)33(45)28-27(31(19)43)30(42)18-8-7-9-22(49-6)25(18)32(28)44;/h7-9,14-16,20-21,23-24,29,41,43,45,48H,10-13,37H2,1-6H3,(H,38,47)(H,39,46);1H/t15-,16-,20-,21-,23-,24-,29+,36-;/m0./s1. The Morgan fingerprint density at radius 2 is 1.71 bits per heavy atom. The van der Waals surface area contributed by atoms with Crippen LogP contribution in [-0.2, 0) is 30.3 Å². The maximum atomic E-state index is 13.9. The second-order valence-corrected chi connectivity index (χ2v) is 14.1. The fraction of sp³-hybridized carbons (Fsp3) is 0.528. The molecular formula is C36H46ClN3O12. The summed E-state index contributed by atoms with van der Waals surface area (Å²) in [5.41, 5.74) is 2.15.